The van der Waals surface area contributed by atoms with E-state index in [2.05, 4.69) is 23.3 Å². The molecule has 3 rings (SSSR count). The summed E-state index contributed by atoms with van der Waals surface area (Å²) in [6.07, 6.45) is 1.70. The topological polar surface area (TPSA) is 38.1 Å². The van der Waals surface area contributed by atoms with Gasteiger partial charge in [-0.25, -0.2) is 4.98 Å². The predicted octanol–water partition coefficient (Wildman–Crippen LogP) is 3.74. The molecule has 0 bridgehead atoms. The van der Waals surface area contributed by atoms with Crippen molar-refractivity contribution in [2.24, 2.45) is 0 Å². The molecule has 3 aromatic rings. The summed E-state index contributed by atoms with van der Waals surface area (Å²) in [5, 5.41) is 4.52. The average molecular weight is 258 g/mol. The first-order valence-electron chi connectivity index (χ1n) is 5.94. The van der Waals surface area contributed by atoms with Gasteiger partial charge >= 0.3 is 0 Å². The van der Waals surface area contributed by atoms with Crippen molar-refractivity contribution in [3.05, 3.63) is 53.4 Å². The fourth-order valence-corrected chi connectivity index (χ4v) is 2.79. The SMILES string of the molecule is C[C@H](NCc1nc2ccccc2s1)c1ccco1. The summed E-state index contributed by atoms with van der Waals surface area (Å²) in [6.45, 7) is 2.85. The number of fused-ring (bicyclic) bond motifs is 1. The van der Waals surface area contributed by atoms with Gasteiger partial charge < -0.3 is 9.73 Å². The van der Waals surface area contributed by atoms with Gasteiger partial charge in [-0.15, -0.1) is 11.3 Å². The maximum absolute atomic E-state index is 5.36. The minimum atomic E-state index is 0.201. The zero-order valence-electron chi connectivity index (χ0n) is 10.1. The Balaban J connectivity index is 1.69. The number of benzene rings is 1. The monoisotopic (exact) mass is 258 g/mol. The Labute approximate surface area is 109 Å². The first-order chi connectivity index (χ1) is 8.83. The van der Waals surface area contributed by atoms with E-state index in [9.17, 15) is 0 Å². The van der Waals surface area contributed by atoms with Crippen LogP contribution in [0.25, 0.3) is 10.2 Å². The van der Waals surface area contributed by atoms with E-state index in [0.717, 1.165) is 22.8 Å². The van der Waals surface area contributed by atoms with Crippen molar-refractivity contribution in [3.8, 4) is 0 Å². The molecule has 92 valence electrons. The Kier molecular flexibility index (Phi) is 3.13. The molecule has 0 spiro atoms. The molecular formula is C14H14N2OS. The van der Waals surface area contributed by atoms with Gasteiger partial charge in [0, 0.05) is 6.54 Å². The highest BCUT2D eigenvalue weighted by Crippen LogP contribution is 2.22. The van der Waals surface area contributed by atoms with Crippen molar-refractivity contribution >= 4 is 21.6 Å². The van der Waals surface area contributed by atoms with E-state index in [0.29, 0.717) is 0 Å². The van der Waals surface area contributed by atoms with E-state index in [1.165, 1.54) is 4.70 Å². The minimum Gasteiger partial charge on any atom is -0.468 e. The lowest BCUT2D eigenvalue weighted by Crippen LogP contribution is -2.17. The summed E-state index contributed by atoms with van der Waals surface area (Å²) in [7, 11) is 0. The fourth-order valence-electron chi connectivity index (χ4n) is 1.87. The van der Waals surface area contributed by atoms with E-state index in [4.69, 9.17) is 4.42 Å². The van der Waals surface area contributed by atoms with E-state index in [-0.39, 0.29) is 6.04 Å². The van der Waals surface area contributed by atoms with Gasteiger partial charge in [-0.3, -0.25) is 0 Å². The van der Waals surface area contributed by atoms with Gasteiger partial charge in [0.25, 0.3) is 0 Å². The van der Waals surface area contributed by atoms with E-state index in [1.807, 2.05) is 30.3 Å². The molecule has 18 heavy (non-hydrogen) atoms. The van der Waals surface area contributed by atoms with Gasteiger partial charge in [-0.2, -0.15) is 0 Å². The lowest BCUT2D eigenvalue weighted by molar-refractivity contribution is 0.430. The first kappa shape index (κ1) is 11.4. The number of hydrogen-bond acceptors (Lipinski definition) is 4. The molecule has 1 N–H and O–H groups in total. The third kappa shape index (κ3) is 2.30. The molecule has 0 saturated carbocycles. The second-order valence-electron chi connectivity index (χ2n) is 4.19. The number of para-hydroxylation sites is 1. The number of aromatic nitrogens is 1. The van der Waals surface area contributed by atoms with Crippen LogP contribution in [0.4, 0.5) is 0 Å². The van der Waals surface area contributed by atoms with Crippen LogP contribution >= 0.6 is 11.3 Å². The Bertz CT molecular complexity index is 597. The summed E-state index contributed by atoms with van der Waals surface area (Å²) in [5.74, 6) is 0.955. The van der Waals surface area contributed by atoms with Gasteiger partial charge in [-0.1, -0.05) is 12.1 Å². The first-order valence-corrected chi connectivity index (χ1v) is 6.76. The van der Waals surface area contributed by atoms with E-state index in [1.54, 1.807) is 17.6 Å². The minimum absolute atomic E-state index is 0.201. The number of thiazole rings is 1. The Morgan fingerprint density at radius 1 is 1.28 bits per heavy atom. The standard InChI is InChI=1S/C14H14N2OS/c1-10(12-6-4-8-17-12)15-9-14-16-11-5-2-3-7-13(11)18-14/h2-8,10,15H,9H2,1H3/t10-/m0/s1. The van der Waals surface area contributed by atoms with Crippen molar-refractivity contribution in [1.29, 1.82) is 0 Å². The predicted molar refractivity (Wildman–Crippen MR) is 73.6 cm³/mol. The van der Waals surface area contributed by atoms with Crippen LogP contribution in [0.15, 0.2) is 47.1 Å². The molecular weight excluding hydrogens is 244 g/mol. The molecule has 0 aliphatic heterocycles. The third-order valence-corrected chi connectivity index (χ3v) is 3.90. The quantitative estimate of drug-likeness (QED) is 0.774. The Morgan fingerprint density at radius 2 is 2.17 bits per heavy atom. The Hall–Kier alpha value is -1.65. The molecule has 2 aromatic heterocycles. The lowest BCUT2D eigenvalue weighted by Gasteiger charge is -2.09. The van der Waals surface area contributed by atoms with Crippen LogP contribution in [0.3, 0.4) is 0 Å². The molecule has 1 atom stereocenters. The van der Waals surface area contributed by atoms with Crippen molar-refractivity contribution in [1.82, 2.24) is 10.3 Å². The second kappa shape index (κ2) is 4.92. The largest absolute Gasteiger partial charge is 0.468 e. The zero-order valence-corrected chi connectivity index (χ0v) is 10.9. The third-order valence-electron chi connectivity index (χ3n) is 2.87. The van der Waals surface area contributed by atoms with Crippen LogP contribution in [-0.4, -0.2) is 4.98 Å². The van der Waals surface area contributed by atoms with Crippen LogP contribution < -0.4 is 5.32 Å². The lowest BCUT2D eigenvalue weighted by atomic mass is 10.2. The van der Waals surface area contributed by atoms with Crippen LogP contribution in [0.1, 0.15) is 23.7 Å². The van der Waals surface area contributed by atoms with Gasteiger partial charge in [0.1, 0.15) is 10.8 Å². The molecule has 1 aromatic carbocycles. The van der Waals surface area contributed by atoms with Crippen LogP contribution in [-0.2, 0) is 6.54 Å². The van der Waals surface area contributed by atoms with Crippen LogP contribution in [0.2, 0.25) is 0 Å². The maximum atomic E-state index is 5.36. The van der Waals surface area contributed by atoms with Crippen molar-refractivity contribution < 1.29 is 4.42 Å². The number of nitrogens with zero attached hydrogens (tertiary/aromatic N) is 1. The average Bonchev–Trinajstić information content (AvgIpc) is 3.04. The summed E-state index contributed by atoms with van der Waals surface area (Å²) in [6, 6.07) is 12.3. The zero-order chi connectivity index (χ0) is 12.4. The summed E-state index contributed by atoms with van der Waals surface area (Å²) >= 11 is 1.73. The van der Waals surface area contributed by atoms with E-state index >= 15 is 0 Å². The molecule has 0 amide bonds. The Morgan fingerprint density at radius 3 is 2.94 bits per heavy atom. The van der Waals surface area contributed by atoms with Crippen molar-refractivity contribution in [3.63, 3.8) is 0 Å². The molecule has 0 radical (unpaired) electrons. The molecule has 4 heteroatoms. The normalized spacial score (nSPS) is 12.9. The highest BCUT2D eigenvalue weighted by atomic mass is 32.1. The van der Waals surface area contributed by atoms with Gasteiger partial charge in [0.2, 0.25) is 0 Å². The molecule has 0 saturated heterocycles. The van der Waals surface area contributed by atoms with Crippen molar-refractivity contribution in [2.45, 2.75) is 19.5 Å². The smallest absolute Gasteiger partial charge is 0.120 e. The number of nitrogens with one attached hydrogen (secondary N) is 1. The van der Waals surface area contributed by atoms with Gasteiger partial charge in [0.15, 0.2) is 0 Å². The number of rotatable bonds is 4. The highest BCUT2D eigenvalue weighted by Gasteiger charge is 2.09. The fraction of sp³-hybridized carbons (Fsp3) is 0.214. The van der Waals surface area contributed by atoms with Gasteiger partial charge in [0.05, 0.1) is 22.5 Å². The van der Waals surface area contributed by atoms with Gasteiger partial charge in [-0.05, 0) is 31.2 Å². The highest BCUT2D eigenvalue weighted by molar-refractivity contribution is 7.18. The second-order valence-corrected chi connectivity index (χ2v) is 5.31. The van der Waals surface area contributed by atoms with Crippen LogP contribution in [0.5, 0.6) is 0 Å². The van der Waals surface area contributed by atoms with Crippen molar-refractivity contribution in [2.75, 3.05) is 0 Å². The summed E-state index contributed by atoms with van der Waals surface area (Å²) in [5.41, 5.74) is 1.07. The van der Waals surface area contributed by atoms with Crippen LogP contribution in [0, 0.1) is 0 Å². The molecule has 0 fully saturated rings. The number of furan rings is 1. The maximum Gasteiger partial charge on any atom is 0.120 e. The number of hydrogen-bond donors (Lipinski definition) is 1. The molecule has 3 nitrogen and oxygen atoms in total. The van der Waals surface area contributed by atoms with E-state index < -0.39 is 0 Å². The summed E-state index contributed by atoms with van der Waals surface area (Å²) < 4.78 is 6.60. The molecule has 0 unspecified atom stereocenters. The molecule has 0 aliphatic rings. The molecule has 0 aliphatic carbocycles. The molecule has 2 heterocycles. The summed E-state index contributed by atoms with van der Waals surface area (Å²) in [4.78, 5) is 4.59.